The van der Waals surface area contributed by atoms with Crippen LogP contribution in [-0.2, 0) is 16.0 Å². The van der Waals surface area contributed by atoms with Crippen molar-refractivity contribution in [3.63, 3.8) is 0 Å². The SMILES string of the molecule is CCCc1cc(=O)oc2c(C)c(O[C@H](C)C(=O)N[C@@H](CCC)C(=O)[O-])ccc12. The second kappa shape index (κ2) is 9.39. The van der Waals surface area contributed by atoms with Crippen molar-refractivity contribution < 1.29 is 23.8 Å². The molecule has 7 heteroatoms. The minimum Gasteiger partial charge on any atom is -0.548 e. The van der Waals surface area contributed by atoms with Gasteiger partial charge in [0, 0.05) is 17.0 Å². The summed E-state index contributed by atoms with van der Waals surface area (Å²) >= 11 is 0. The predicted molar refractivity (Wildman–Crippen MR) is 103 cm³/mol. The van der Waals surface area contributed by atoms with Crippen LogP contribution in [0.4, 0.5) is 0 Å². The third-order valence-electron chi connectivity index (χ3n) is 4.57. The molecule has 0 radical (unpaired) electrons. The number of aryl methyl sites for hydroxylation is 2. The molecule has 0 fully saturated rings. The van der Waals surface area contributed by atoms with Crippen LogP contribution >= 0.6 is 0 Å². The van der Waals surface area contributed by atoms with Crippen LogP contribution in [-0.4, -0.2) is 24.0 Å². The van der Waals surface area contributed by atoms with Crippen molar-refractivity contribution in [1.29, 1.82) is 0 Å². The topological polar surface area (TPSA) is 109 Å². The van der Waals surface area contributed by atoms with Gasteiger partial charge in [-0.3, -0.25) is 4.79 Å². The molecule has 0 spiro atoms. The Morgan fingerprint density at radius 1 is 1.25 bits per heavy atom. The second-order valence-corrected chi connectivity index (χ2v) is 6.84. The molecule has 1 aromatic heterocycles. The van der Waals surface area contributed by atoms with E-state index < -0.39 is 29.6 Å². The molecule has 1 N–H and O–H groups in total. The normalized spacial score (nSPS) is 13.1. The highest BCUT2D eigenvalue weighted by atomic mass is 16.5. The number of benzene rings is 1. The van der Waals surface area contributed by atoms with Crippen LogP contribution in [0.3, 0.4) is 0 Å². The highest BCUT2D eigenvalue weighted by Gasteiger charge is 2.21. The molecule has 152 valence electrons. The molecule has 0 saturated heterocycles. The van der Waals surface area contributed by atoms with Gasteiger partial charge in [0.2, 0.25) is 0 Å². The van der Waals surface area contributed by atoms with Crippen molar-refractivity contribution in [1.82, 2.24) is 5.32 Å². The number of nitrogens with one attached hydrogen (secondary N) is 1. The van der Waals surface area contributed by atoms with E-state index in [9.17, 15) is 19.5 Å². The van der Waals surface area contributed by atoms with Crippen molar-refractivity contribution in [3.8, 4) is 5.75 Å². The van der Waals surface area contributed by atoms with E-state index in [1.165, 1.54) is 13.0 Å². The Morgan fingerprint density at radius 2 is 1.96 bits per heavy atom. The first-order valence-electron chi connectivity index (χ1n) is 9.52. The number of fused-ring (bicyclic) bond motifs is 1. The lowest BCUT2D eigenvalue weighted by atomic mass is 10.0. The zero-order valence-electron chi connectivity index (χ0n) is 16.7. The Kier molecular flexibility index (Phi) is 7.20. The average Bonchev–Trinajstić information content (AvgIpc) is 2.64. The maximum Gasteiger partial charge on any atom is 0.336 e. The third-order valence-corrected chi connectivity index (χ3v) is 4.57. The molecule has 0 unspecified atom stereocenters. The minimum atomic E-state index is -1.32. The summed E-state index contributed by atoms with van der Waals surface area (Å²) in [6, 6.07) is 3.96. The molecule has 0 bridgehead atoms. The molecule has 2 atom stereocenters. The lowest BCUT2D eigenvalue weighted by Gasteiger charge is -2.22. The fourth-order valence-electron chi connectivity index (χ4n) is 3.08. The number of hydrogen-bond acceptors (Lipinski definition) is 6. The van der Waals surface area contributed by atoms with Crippen molar-refractivity contribution in [2.24, 2.45) is 0 Å². The monoisotopic (exact) mass is 388 g/mol. The first-order chi connectivity index (χ1) is 13.3. The molecule has 0 saturated carbocycles. The number of carbonyl (C=O) groups is 2. The molecule has 1 amide bonds. The molecule has 0 aliphatic carbocycles. The van der Waals surface area contributed by atoms with Crippen molar-refractivity contribution >= 4 is 22.8 Å². The number of rotatable bonds is 9. The van der Waals surface area contributed by atoms with Gasteiger partial charge in [0.05, 0.1) is 12.0 Å². The summed E-state index contributed by atoms with van der Waals surface area (Å²) in [6.07, 6.45) is 1.59. The zero-order valence-corrected chi connectivity index (χ0v) is 16.7. The Hall–Kier alpha value is -2.83. The highest BCUT2D eigenvalue weighted by Crippen LogP contribution is 2.29. The van der Waals surface area contributed by atoms with Gasteiger partial charge in [-0.05, 0) is 44.4 Å². The number of ether oxygens (including phenoxy) is 1. The lowest BCUT2D eigenvalue weighted by Crippen LogP contribution is -2.51. The van der Waals surface area contributed by atoms with Gasteiger partial charge < -0.3 is 24.4 Å². The van der Waals surface area contributed by atoms with Crippen LogP contribution < -0.4 is 20.8 Å². The van der Waals surface area contributed by atoms with E-state index in [1.807, 2.05) is 13.8 Å². The molecule has 7 nitrogen and oxygen atoms in total. The minimum absolute atomic E-state index is 0.279. The number of hydrogen-bond donors (Lipinski definition) is 1. The molecule has 1 aromatic carbocycles. The molecule has 2 aromatic rings. The average molecular weight is 388 g/mol. The Labute approximate surface area is 163 Å². The van der Waals surface area contributed by atoms with Crippen molar-refractivity contribution in [2.45, 2.75) is 65.5 Å². The van der Waals surface area contributed by atoms with Crippen molar-refractivity contribution in [2.75, 3.05) is 0 Å². The smallest absolute Gasteiger partial charge is 0.336 e. The van der Waals surface area contributed by atoms with E-state index >= 15 is 0 Å². The predicted octanol–water partition coefficient (Wildman–Crippen LogP) is 1.86. The van der Waals surface area contributed by atoms with Crippen molar-refractivity contribution in [3.05, 3.63) is 39.7 Å². The van der Waals surface area contributed by atoms with Crippen LogP contribution in [0, 0.1) is 6.92 Å². The van der Waals surface area contributed by atoms with Gasteiger partial charge in [-0.15, -0.1) is 0 Å². The summed E-state index contributed by atoms with van der Waals surface area (Å²) in [5, 5.41) is 14.4. The van der Waals surface area contributed by atoms with Crippen LogP contribution in [0.15, 0.2) is 27.4 Å². The van der Waals surface area contributed by atoms with E-state index in [4.69, 9.17) is 9.15 Å². The number of aliphatic carboxylic acids is 1. The summed E-state index contributed by atoms with van der Waals surface area (Å²) in [5.41, 5.74) is 1.51. The van der Waals surface area contributed by atoms with Gasteiger partial charge in [0.15, 0.2) is 6.10 Å². The zero-order chi connectivity index (χ0) is 20.8. The highest BCUT2D eigenvalue weighted by molar-refractivity contribution is 5.87. The first-order valence-corrected chi connectivity index (χ1v) is 9.52. The quantitative estimate of drug-likeness (QED) is 0.657. The number of carboxylic acids is 1. The van der Waals surface area contributed by atoms with Crippen LogP contribution in [0.5, 0.6) is 5.75 Å². The first kappa shape index (κ1) is 21.5. The fraction of sp³-hybridized carbons (Fsp3) is 0.476. The Morgan fingerprint density at radius 3 is 2.57 bits per heavy atom. The molecular weight excluding hydrogens is 362 g/mol. The molecule has 28 heavy (non-hydrogen) atoms. The van der Waals surface area contributed by atoms with Crippen LogP contribution in [0.1, 0.15) is 51.2 Å². The summed E-state index contributed by atoms with van der Waals surface area (Å²) < 4.78 is 11.1. The number of carbonyl (C=O) groups excluding carboxylic acids is 2. The van der Waals surface area contributed by atoms with E-state index in [0.717, 1.165) is 23.8 Å². The molecule has 2 rings (SSSR count). The van der Waals surface area contributed by atoms with E-state index in [2.05, 4.69) is 5.32 Å². The maximum atomic E-state index is 12.3. The largest absolute Gasteiger partial charge is 0.548 e. The van der Waals surface area contributed by atoms with Gasteiger partial charge in [-0.2, -0.15) is 0 Å². The second-order valence-electron chi connectivity index (χ2n) is 6.84. The molecule has 0 aliphatic heterocycles. The van der Waals surface area contributed by atoms with Crippen LogP contribution in [0.25, 0.3) is 11.0 Å². The maximum absolute atomic E-state index is 12.3. The van der Waals surface area contributed by atoms with Gasteiger partial charge in [0.25, 0.3) is 5.91 Å². The van der Waals surface area contributed by atoms with E-state index in [-0.39, 0.29) is 6.42 Å². The summed E-state index contributed by atoms with van der Waals surface area (Å²) in [5.74, 6) is -1.48. The van der Waals surface area contributed by atoms with E-state index in [1.54, 1.807) is 19.1 Å². The molecular formula is C21H26NO6-. The third kappa shape index (κ3) is 4.91. The summed E-state index contributed by atoms with van der Waals surface area (Å²) in [7, 11) is 0. The Balaban J connectivity index is 2.26. The van der Waals surface area contributed by atoms with Gasteiger partial charge in [0.1, 0.15) is 11.3 Å². The fourth-order valence-corrected chi connectivity index (χ4v) is 3.08. The summed E-state index contributed by atoms with van der Waals surface area (Å²) in [6.45, 7) is 7.13. The van der Waals surface area contributed by atoms with Crippen LogP contribution in [0.2, 0.25) is 0 Å². The number of amides is 1. The van der Waals surface area contributed by atoms with Gasteiger partial charge >= 0.3 is 5.63 Å². The Bertz CT molecular complexity index is 917. The van der Waals surface area contributed by atoms with Gasteiger partial charge in [-0.1, -0.05) is 26.7 Å². The standard InChI is InChI=1S/C21H27NO6/c1-5-7-14-11-18(23)28-19-12(3)17(10-9-15(14)19)27-13(4)20(24)22-16(8-6-2)21(25)26/h9-11,13,16H,5-8H2,1-4H3,(H,22,24)(H,25,26)/p-1/t13-,16+/m1/s1. The van der Waals surface area contributed by atoms with Gasteiger partial charge in [-0.25, -0.2) is 4.79 Å². The molecule has 0 aliphatic rings. The molecule has 1 heterocycles. The number of carboxylic acid groups (broad SMARTS) is 1. The summed E-state index contributed by atoms with van der Waals surface area (Å²) in [4.78, 5) is 35.3. The lowest BCUT2D eigenvalue weighted by molar-refractivity contribution is -0.308. The van der Waals surface area contributed by atoms with E-state index in [0.29, 0.717) is 23.3 Å².